The Morgan fingerprint density at radius 3 is 2.15 bits per heavy atom. The molecule has 0 amide bonds. The summed E-state index contributed by atoms with van der Waals surface area (Å²) >= 11 is 0. The van der Waals surface area contributed by atoms with E-state index in [2.05, 4.69) is 65.9 Å². The molecule has 1 fully saturated rings. The number of ether oxygens (including phenoxy) is 2. The van der Waals surface area contributed by atoms with Crippen molar-refractivity contribution in [3.63, 3.8) is 0 Å². The van der Waals surface area contributed by atoms with E-state index in [1.54, 1.807) is 6.66 Å². The summed E-state index contributed by atoms with van der Waals surface area (Å²) in [6.07, 6.45) is 27.5. The van der Waals surface area contributed by atoms with Crippen LogP contribution in [0.5, 0.6) is 0 Å². The third kappa shape index (κ3) is 21.5. The Bertz CT molecular complexity index is 801. The first-order valence-electron chi connectivity index (χ1n) is 14.7. The number of hydrazine groups is 1. The van der Waals surface area contributed by atoms with Crippen molar-refractivity contribution in [3.05, 3.63) is 48.6 Å². The zero-order valence-corrected chi connectivity index (χ0v) is 26.1. The summed E-state index contributed by atoms with van der Waals surface area (Å²) in [6.45, 7) is 5.79. The van der Waals surface area contributed by atoms with Crippen molar-refractivity contribution in [3.8, 4) is 0 Å². The Hall–Kier alpha value is -1.91. The van der Waals surface area contributed by atoms with Crippen LogP contribution in [-0.2, 0) is 32.9 Å². The molecule has 11 heteroatoms. The quantitative estimate of drug-likeness (QED) is 0.0473. The average molecular weight is 598 g/mol. The smallest absolute Gasteiger partial charge is 0.325 e. The van der Waals surface area contributed by atoms with Crippen molar-refractivity contribution in [2.75, 3.05) is 46.7 Å². The topological polar surface area (TPSA) is 122 Å². The predicted molar refractivity (Wildman–Crippen MR) is 164 cm³/mol. The highest BCUT2D eigenvalue weighted by Crippen LogP contribution is 2.32. The first-order valence-corrected chi connectivity index (χ1v) is 16.3. The van der Waals surface area contributed by atoms with Gasteiger partial charge in [-0.1, -0.05) is 68.4 Å². The van der Waals surface area contributed by atoms with Gasteiger partial charge in [0.15, 0.2) is 8.38 Å². The first-order chi connectivity index (χ1) is 20.0. The van der Waals surface area contributed by atoms with E-state index in [1.807, 2.05) is 5.01 Å². The van der Waals surface area contributed by atoms with Gasteiger partial charge in [0.2, 0.25) is 0 Å². The number of carbonyl (C=O) groups is 2. The molecule has 0 aromatic carbocycles. The van der Waals surface area contributed by atoms with Crippen molar-refractivity contribution >= 4 is 20.3 Å². The third-order valence-electron chi connectivity index (χ3n) is 5.95. The maximum Gasteiger partial charge on any atom is 0.325 e. The number of nitrogens with two attached hydrogens (primary N) is 1. The largest absolute Gasteiger partial charge is 0.468 e. The maximum absolute atomic E-state index is 12.0. The lowest BCUT2D eigenvalue weighted by molar-refractivity contribution is -0.181. The molecule has 2 atom stereocenters. The molecule has 1 heterocycles. The zero-order chi connectivity index (χ0) is 30.0. The molecule has 1 rings (SSSR count). The molecule has 0 spiro atoms. The molecular weight excluding hydrogens is 545 g/mol. The molecule has 0 radical (unpaired) electrons. The fraction of sp³-hybridized carbons (Fsp3) is 0.667. The van der Waals surface area contributed by atoms with Gasteiger partial charge in [-0.3, -0.25) is 14.4 Å². The molecule has 0 saturated carbocycles. The number of unbranched alkanes of at least 4 members (excludes halogenated alkanes) is 4. The van der Waals surface area contributed by atoms with Crippen molar-refractivity contribution < 1.29 is 32.9 Å². The molecule has 3 N–H and O–H groups in total. The molecule has 1 saturated heterocycles. The van der Waals surface area contributed by atoms with E-state index in [9.17, 15) is 9.59 Å². The van der Waals surface area contributed by atoms with Gasteiger partial charge in [0.05, 0.1) is 40.0 Å². The summed E-state index contributed by atoms with van der Waals surface area (Å²) in [7, 11) is 0.100. The highest BCUT2D eigenvalue weighted by atomic mass is 31.2. The van der Waals surface area contributed by atoms with Crippen molar-refractivity contribution in [2.24, 2.45) is 5.73 Å². The third-order valence-corrected chi connectivity index (χ3v) is 7.01. The van der Waals surface area contributed by atoms with Gasteiger partial charge in [0.1, 0.15) is 12.1 Å². The fourth-order valence-corrected chi connectivity index (χ4v) is 4.32. The molecule has 41 heavy (non-hydrogen) atoms. The minimum atomic E-state index is -1.18. The van der Waals surface area contributed by atoms with Crippen LogP contribution in [0.25, 0.3) is 0 Å². The molecule has 0 aromatic heterocycles. The van der Waals surface area contributed by atoms with Crippen LogP contribution in [0.1, 0.15) is 71.1 Å². The van der Waals surface area contributed by atoms with Crippen LogP contribution in [0.2, 0.25) is 0 Å². The minimum Gasteiger partial charge on any atom is -0.468 e. The molecule has 10 nitrogen and oxygen atoms in total. The van der Waals surface area contributed by atoms with Crippen LogP contribution >= 0.6 is 8.38 Å². The van der Waals surface area contributed by atoms with E-state index >= 15 is 0 Å². The summed E-state index contributed by atoms with van der Waals surface area (Å²) in [4.78, 5) is 28.6. The Morgan fingerprint density at radius 2 is 1.54 bits per heavy atom. The van der Waals surface area contributed by atoms with Crippen molar-refractivity contribution in [1.82, 2.24) is 10.6 Å². The number of esters is 2. The Morgan fingerprint density at radius 1 is 0.927 bits per heavy atom. The molecule has 1 aliphatic heterocycles. The van der Waals surface area contributed by atoms with Crippen LogP contribution in [0.15, 0.2) is 48.6 Å². The molecule has 2 unspecified atom stereocenters. The standard InChI is InChI=1S/C30H52N3O7P/c1-4-5-6-7-8-9-10-11-12-13-14-15-16-17-18-19-20-21-29(34)40-27-24-33(25-27)32-37-22-23-38-41(3)39-26-28(31)30(35)36-2/h8-9,11-12,14-15,17-18,27-28,32H,4-7,10,13,16,19-26,31H2,1-3H3/b9-8-,12-11-,15-14-,18-17-. The lowest BCUT2D eigenvalue weighted by atomic mass is 10.2. The molecule has 0 aliphatic carbocycles. The van der Waals surface area contributed by atoms with Gasteiger partial charge in [-0.05, 0) is 44.9 Å². The monoisotopic (exact) mass is 597 g/mol. The second kappa shape index (κ2) is 25.8. The Balaban J connectivity index is 1.92. The lowest BCUT2D eigenvalue weighted by Crippen LogP contribution is -2.58. The normalized spacial score (nSPS) is 16.2. The number of nitrogens with one attached hydrogen (secondary N) is 1. The van der Waals surface area contributed by atoms with E-state index in [1.165, 1.54) is 32.8 Å². The number of carbonyl (C=O) groups excluding carboxylic acids is 2. The number of hydrogen-bond acceptors (Lipinski definition) is 10. The number of rotatable bonds is 25. The number of methoxy groups -OCH3 is 1. The van der Waals surface area contributed by atoms with Gasteiger partial charge in [-0.15, -0.1) is 5.59 Å². The summed E-state index contributed by atoms with van der Waals surface area (Å²) in [5.41, 5.74) is 8.40. The fourth-order valence-electron chi connectivity index (χ4n) is 3.54. The van der Waals surface area contributed by atoms with E-state index in [-0.39, 0.29) is 18.7 Å². The first kappa shape index (κ1) is 37.1. The summed E-state index contributed by atoms with van der Waals surface area (Å²) in [5, 5.41) is 1.82. The molecule has 0 aromatic rings. The van der Waals surface area contributed by atoms with Crippen molar-refractivity contribution in [1.29, 1.82) is 0 Å². The average Bonchev–Trinajstić information content (AvgIpc) is 2.95. The van der Waals surface area contributed by atoms with Crippen LogP contribution in [0, 0.1) is 0 Å². The summed E-state index contributed by atoms with van der Waals surface area (Å²) < 4.78 is 20.9. The second-order valence-electron chi connectivity index (χ2n) is 9.64. The predicted octanol–water partition coefficient (Wildman–Crippen LogP) is 5.27. The van der Waals surface area contributed by atoms with Gasteiger partial charge in [-0.25, -0.2) is 5.01 Å². The van der Waals surface area contributed by atoms with Crippen LogP contribution in [-0.4, -0.2) is 75.8 Å². The Labute approximate surface area is 248 Å². The summed E-state index contributed by atoms with van der Waals surface area (Å²) in [5.74, 6) is -0.690. The molecule has 0 bridgehead atoms. The van der Waals surface area contributed by atoms with E-state index in [0.29, 0.717) is 32.7 Å². The SMILES string of the molecule is CCCCC/C=C\C/C=C\C/C=C\C/C=C\CCCC(=O)OC1CN(NOCCOP(C)OCC(N)C(=O)OC)C1. The van der Waals surface area contributed by atoms with Gasteiger partial charge in [0, 0.05) is 13.1 Å². The second-order valence-corrected chi connectivity index (χ2v) is 11.0. The van der Waals surface area contributed by atoms with Gasteiger partial charge >= 0.3 is 11.9 Å². The number of hydrogen-bond donors (Lipinski definition) is 2. The number of nitrogens with zero attached hydrogens (tertiary/aromatic N) is 1. The van der Waals surface area contributed by atoms with E-state index in [0.717, 1.165) is 32.1 Å². The van der Waals surface area contributed by atoms with E-state index in [4.69, 9.17) is 24.4 Å². The molecule has 234 valence electrons. The zero-order valence-electron chi connectivity index (χ0n) is 25.2. The number of allylic oxidation sites excluding steroid dienone is 8. The van der Waals surface area contributed by atoms with Crippen LogP contribution in [0.3, 0.4) is 0 Å². The van der Waals surface area contributed by atoms with Gasteiger partial charge in [-0.2, -0.15) is 0 Å². The minimum absolute atomic E-state index is 0.0341. The highest BCUT2D eigenvalue weighted by Gasteiger charge is 2.30. The molecule has 1 aliphatic rings. The lowest BCUT2D eigenvalue weighted by Gasteiger charge is -2.37. The maximum atomic E-state index is 12.0. The Kier molecular flexibility index (Phi) is 23.3. The highest BCUT2D eigenvalue weighted by molar-refractivity contribution is 7.46. The summed E-state index contributed by atoms with van der Waals surface area (Å²) in [6, 6.07) is -0.829. The van der Waals surface area contributed by atoms with E-state index < -0.39 is 20.4 Å². The van der Waals surface area contributed by atoms with Gasteiger partial charge < -0.3 is 24.3 Å². The van der Waals surface area contributed by atoms with Crippen LogP contribution in [0.4, 0.5) is 0 Å². The van der Waals surface area contributed by atoms with Gasteiger partial charge in [0.25, 0.3) is 0 Å². The van der Waals surface area contributed by atoms with Crippen LogP contribution < -0.4 is 11.3 Å². The molecular formula is C30H52N3O7P. The van der Waals surface area contributed by atoms with Crippen molar-refractivity contribution in [2.45, 2.75) is 83.3 Å².